The van der Waals surface area contributed by atoms with E-state index in [-0.39, 0.29) is 6.10 Å². The zero-order chi connectivity index (χ0) is 13.1. The van der Waals surface area contributed by atoms with Gasteiger partial charge in [-0.3, -0.25) is 0 Å². The van der Waals surface area contributed by atoms with Gasteiger partial charge in [-0.2, -0.15) is 0 Å². The highest BCUT2D eigenvalue weighted by Crippen LogP contribution is 2.21. The predicted octanol–water partition coefficient (Wildman–Crippen LogP) is 2.13. The van der Waals surface area contributed by atoms with Crippen molar-refractivity contribution in [3.8, 4) is 0 Å². The van der Waals surface area contributed by atoms with Crippen molar-refractivity contribution in [2.24, 2.45) is 5.73 Å². The van der Waals surface area contributed by atoms with Crippen molar-refractivity contribution in [1.82, 2.24) is 9.55 Å². The molecule has 0 amide bonds. The number of nitrogens with zero attached hydrogens (tertiary/aromatic N) is 2. The molecule has 1 aromatic carbocycles. The van der Waals surface area contributed by atoms with Gasteiger partial charge in [-0.15, -0.1) is 0 Å². The molecular formula is C14H21N3O. The van der Waals surface area contributed by atoms with Crippen LogP contribution in [-0.2, 0) is 11.2 Å². The molecule has 2 N–H and O–H groups in total. The van der Waals surface area contributed by atoms with Crippen LogP contribution in [0, 0.1) is 0 Å². The van der Waals surface area contributed by atoms with E-state index >= 15 is 0 Å². The highest BCUT2D eigenvalue weighted by atomic mass is 16.5. The number of rotatable bonds is 5. The summed E-state index contributed by atoms with van der Waals surface area (Å²) in [5, 5.41) is 0. The fourth-order valence-corrected chi connectivity index (χ4v) is 2.28. The average Bonchev–Trinajstić information content (AvgIpc) is 2.73. The molecule has 0 saturated carbocycles. The molecule has 2 rings (SSSR count). The number of hydrogen-bond donors (Lipinski definition) is 1. The third-order valence-electron chi connectivity index (χ3n) is 3.19. The SMILES string of the molecule is COC(CN)Cc1nc2ccccc2n1C(C)C. The second kappa shape index (κ2) is 5.50. The lowest BCUT2D eigenvalue weighted by Gasteiger charge is -2.16. The van der Waals surface area contributed by atoms with Crippen LogP contribution in [-0.4, -0.2) is 29.3 Å². The summed E-state index contributed by atoms with van der Waals surface area (Å²) in [5.74, 6) is 1.04. The van der Waals surface area contributed by atoms with Crippen LogP contribution in [0.2, 0.25) is 0 Å². The fraction of sp³-hybridized carbons (Fsp3) is 0.500. The Bertz CT molecular complexity index is 515. The zero-order valence-electron chi connectivity index (χ0n) is 11.3. The first kappa shape index (κ1) is 13.1. The first-order valence-electron chi connectivity index (χ1n) is 6.36. The van der Waals surface area contributed by atoms with Crippen LogP contribution >= 0.6 is 0 Å². The van der Waals surface area contributed by atoms with Crippen molar-refractivity contribution in [1.29, 1.82) is 0 Å². The topological polar surface area (TPSA) is 53.1 Å². The summed E-state index contributed by atoms with van der Waals surface area (Å²) in [6.45, 7) is 4.85. The van der Waals surface area contributed by atoms with Crippen LogP contribution in [0.5, 0.6) is 0 Å². The fourth-order valence-electron chi connectivity index (χ4n) is 2.28. The maximum atomic E-state index is 5.69. The van der Waals surface area contributed by atoms with Crippen molar-refractivity contribution < 1.29 is 4.74 Å². The molecule has 2 aromatic rings. The van der Waals surface area contributed by atoms with Gasteiger partial charge >= 0.3 is 0 Å². The van der Waals surface area contributed by atoms with Crippen molar-refractivity contribution in [3.63, 3.8) is 0 Å². The highest BCUT2D eigenvalue weighted by molar-refractivity contribution is 5.76. The Labute approximate surface area is 108 Å². The van der Waals surface area contributed by atoms with Gasteiger partial charge in [-0.25, -0.2) is 4.98 Å². The lowest BCUT2D eigenvalue weighted by atomic mass is 10.2. The number of benzene rings is 1. The van der Waals surface area contributed by atoms with Gasteiger partial charge in [0.15, 0.2) is 0 Å². The van der Waals surface area contributed by atoms with Crippen LogP contribution in [0.15, 0.2) is 24.3 Å². The normalized spacial score (nSPS) is 13.4. The molecule has 4 heteroatoms. The van der Waals surface area contributed by atoms with E-state index in [1.54, 1.807) is 7.11 Å². The standard InChI is InChI=1S/C14H21N3O/c1-10(2)17-13-7-5-4-6-12(13)16-14(17)8-11(9-15)18-3/h4-7,10-11H,8-9,15H2,1-3H3. The lowest BCUT2D eigenvalue weighted by molar-refractivity contribution is 0.107. The summed E-state index contributed by atoms with van der Waals surface area (Å²) in [6.07, 6.45) is 0.777. The summed E-state index contributed by atoms with van der Waals surface area (Å²) in [5.41, 5.74) is 7.90. The number of ether oxygens (including phenoxy) is 1. The number of imidazole rings is 1. The van der Waals surface area contributed by atoms with Gasteiger partial charge in [0, 0.05) is 26.1 Å². The quantitative estimate of drug-likeness (QED) is 0.880. The second-order valence-corrected chi connectivity index (χ2v) is 4.78. The molecule has 1 heterocycles. The Kier molecular flexibility index (Phi) is 3.99. The number of hydrogen-bond acceptors (Lipinski definition) is 3. The molecule has 0 saturated heterocycles. The Morgan fingerprint density at radius 2 is 2.06 bits per heavy atom. The first-order chi connectivity index (χ1) is 8.67. The van der Waals surface area contributed by atoms with Gasteiger partial charge in [0.25, 0.3) is 0 Å². The summed E-state index contributed by atoms with van der Waals surface area (Å²) in [7, 11) is 1.69. The Morgan fingerprint density at radius 3 is 2.67 bits per heavy atom. The van der Waals surface area contributed by atoms with E-state index in [1.807, 2.05) is 18.2 Å². The largest absolute Gasteiger partial charge is 0.380 e. The van der Waals surface area contributed by atoms with E-state index in [9.17, 15) is 0 Å². The van der Waals surface area contributed by atoms with E-state index in [0.717, 1.165) is 17.8 Å². The minimum absolute atomic E-state index is 0.0271. The van der Waals surface area contributed by atoms with E-state index in [2.05, 4.69) is 24.5 Å². The molecule has 0 aliphatic rings. The third kappa shape index (κ3) is 2.40. The minimum Gasteiger partial charge on any atom is -0.380 e. The molecule has 0 fully saturated rings. The van der Waals surface area contributed by atoms with Crippen LogP contribution in [0.3, 0.4) is 0 Å². The van der Waals surface area contributed by atoms with E-state index in [0.29, 0.717) is 12.6 Å². The van der Waals surface area contributed by atoms with E-state index in [4.69, 9.17) is 15.5 Å². The maximum absolute atomic E-state index is 5.69. The number of nitrogens with two attached hydrogens (primary N) is 1. The van der Waals surface area contributed by atoms with E-state index < -0.39 is 0 Å². The zero-order valence-corrected chi connectivity index (χ0v) is 11.3. The summed E-state index contributed by atoms with van der Waals surface area (Å²) < 4.78 is 7.62. The van der Waals surface area contributed by atoms with Crippen molar-refractivity contribution in [2.75, 3.05) is 13.7 Å². The Morgan fingerprint density at radius 1 is 1.33 bits per heavy atom. The minimum atomic E-state index is 0.0271. The van der Waals surface area contributed by atoms with Gasteiger partial charge < -0.3 is 15.0 Å². The number of fused-ring (bicyclic) bond motifs is 1. The molecule has 4 nitrogen and oxygen atoms in total. The Hall–Kier alpha value is -1.39. The lowest BCUT2D eigenvalue weighted by Crippen LogP contribution is -2.26. The molecule has 0 radical (unpaired) electrons. The third-order valence-corrected chi connectivity index (χ3v) is 3.19. The number of aromatic nitrogens is 2. The van der Waals surface area contributed by atoms with Crippen LogP contribution in [0.4, 0.5) is 0 Å². The van der Waals surface area contributed by atoms with Crippen molar-refractivity contribution in [2.45, 2.75) is 32.4 Å². The monoisotopic (exact) mass is 247 g/mol. The van der Waals surface area contributed by atoms with Crippen LogP contribution in [0.25, 0.3) is 11.0 Å². The molecular weight excluding hydrogens is 226 g/mol. The molecule has 1 aromatic heterocycles. The smallest absolute Gasteiger partial charge is 0.112 e. The molecule has 0 spiro atoms. The number of para-hydroxylation sites is 2. The predicted molar refractivity (Wildman–Crippen MR) is 73.7 cm³/mol. The summed E-state index contributed by atoms with van der Waals surface area (Å²) in [4.78, 5) is 4.70. The van der Waals surface area contributed by atoms with E-state index in [1.165, 1.54) is 5.52 Å². The molecule has 18 heavy (non-hydrogen) atoms. The molecule has 1 atom stereocenters. The molecule has 98 valence electrons. The Balaban J connectivity index is 2.45. The average molecular weight is 247 g/mol. The van der Waals surface area contributed by atoms with Gasteiger partial charge in [-0.1, -0.05) is 12.1 Å². The number of methoxy groups -OCH3 is 1. The van der Waals surface area contributed by atoms with Gasteiger partial charge in [0.2, 0.25) is 0 Å². The first-order valence-corrected chi connectivity index (χ1v) is 6.36. The van der Waals surface area contributed by atoms with Crippen molar-refractivity contribution >= 4 is 11.0 Å². The maximum Gasteiger partial charge on any atom is 0.112 e. The molecule has 0 aliphatic carbocycles. The second-order valence-electron chi connectivity index (χ2n) is 4.78. The highest BCUT2D eigenvalue weighted by Gasteiger charge is 2.16. The molecule has 1 unspecified atom stereocenters. The molecule has 0 aliphatic heterocycles. The molecule has 0 bridgehead atoms. The summed E-state index contributed by atoms with van der Waals surface area (Å²) in [6, 6.07) is 8.59. The summed E-state index contributed by atoms with van der Waals surface area (Å²) >= 11 is 0. The van der Waals surface area contributed by atoms with Crippen molar-refractivity contribution in [3.05, 3.63) is 30.1 Å². The van der Waals surface area contributed by atoms with Gasteiger partial charge in [0.05, 0.1) is 17.1 Å². The van der Waals surface area contributed by atoms with Gasteiger partial charge in [0.1, 0.15) is 5.82 Å². The van der Waals surface area contributed by atoms with Gasteiger partial charge in [-0.05, 0) is 26.0 Å². The van der Waals surface area contributed by atoms with Crippen LogP contribution in [0.1, 0.15) is 25.7 Å². The van der Waals surface area contributed by atoms with Crippen LogP contribution < -0.4 is 5.73 Å².